The molecule has 3 saturated heterocycles. The van der Waals surface area contributed by atoms with Crippen LogP contribution in [-0.4, -0.2) is 40.1 Å². The van der Waals surface area contributed by atoms with Gasteiger partial charge in [0.25, 0.3) is 5.69 Å². The Morgan fingerprint density at radius 2 is 1.94 bits per heavy atom. The van der Waals surface area contributed by atoms with Crippen LogP contribution >= 0.6 is 11.6 Å². The van der Waals surface area contributed by atoms with E-state index in [0.29, 0.717) is 18.7 Å². The largest absolute Gasteiger partial charge is 0.324 e. The van der Waals surface area contributed by atoms with Crippen molar-refractivity contribution in [1.29, 1.82) is 0 Å². The minimum atomic E-state index is -1.27. The van der Waals surface area contributed by atoms with Crippen LogP contribution in [0.5, 0.6) is 0 Å². The molecule has 0 radical (unpaired) electrons. The van der Waals surface area contributed by atoms with E-state index in [1.165, 1.54) is 12.1 Å². The van der Waals surface area contributed by atoms with Crippen molar-refractivity contribution in [3.63, 3.8) is 0 Å². The Kier molecular flexibility index (Phi) is 4.07. The summed E-state index contributed by atoms with van der Waals surface area (Å²) in [6.45, 7) is 2.54. The fraction of sp³-hybridized carbons (Fsp3) is 0.348. The summed E-state index contributed by atoms with van der Waals surface area (Å²) in [4.78, 5) is 55.0. The lowest BCUT2D eigenvalue weighted by Crippen LogP contribution is -2.54. The number of imide groups is 1. The molecule has 4 aliphatic heterocycles. The third-order valence-corrected chi connectivity index (χ3v) is 7.85. The van der Waals surface area contributed by atoms with Crippen molar-refractivity contribution >= 4 is 46.4 Å². The molecule has 4 atom stereocenters. The van der Waals surface area contributed by atoms with Gasteiger partial charge in [-0.1, -0.05) is 29.3 Å². The van der Waals surface area contributed by atoms with Gasteiger partial charge < -0.3 is 5.32 Å². The summed E-state index contributed by atoms with van der Waals surface area (Å²) >= 11 is 5.94. The number of aryl methyl sites for hydroxylation is 1. The lowest BCUT2D eigenvalue weighted by molar-refractivity contribution is -0.384. The number of nitro benzene ring substituents is 1. The Hall–Kier alpha value is -3.30. The monoisotopic (exact) mass is 466 g/mol. The topological polar surface area (TPSA) is 113 Å². The van der Waals surface area contributed by atoms with Gasteiger partial charge in [-0.25, -0.2) is 4.90 Å². The summed E-state index contributed by atoms with van der Waals surface area (Å²) in [7, 11) is 0. The molecule has 0 bridgehead atoms. The maximum atomic E-state index is 13.9. The van der Waals surface area contributed by atoms with E-state index in [1.54, 1.807) is 0 Å². The molecule has 3 amide bonds. The van der Waals surface area contributed by atoms with Gasteiger partial charge in [0, 0.05) is 23.4 Å². The van der Waals surface area contributed by atoms with Crippen molar-refractivity contribution < 1.29 is 19.3 Å². The van der Waals surface area contributed by atoms with Gasteiger partial charge in [-0.15, -0.1) is 0 Å². The van der Waals surface area contributed by atoms with Crippen LogP contribution in [0.2, 0.25) is 5.02 Å². The number of anilines is 2. The molecule has 1 spiro atoms. The molecule has 0 saturated carbocycles. The lowest BCUT2D eigenvalue weighted by atomic mass is 9.75. The highest BCUT2D eigenvalue weighted by molar-refractivity contribution is 6.33. The Morgan fingerprint density at radius 3 is 2.70 bits per heavy atom. The zero-order valence-electron chi connectivity index (χ0n) is 17.6. The highest BCUT2D eigenvalue weighted by Gasteiger charge is 2.74. The predicted octanol–water partition coefficient (Wildman–Crippen LogP) is 2.99. The number of nitro groups is 1. The maximum absolute atomic E-state index is 13.9. The molecule has 3 fully saturated rings. The number of nitrogens with one attached hydrogen (secondary N) is 1. The number of hydrogen-bond acceptors (Lipinski definition) is 6. The molecule has 6 rings (SSSR count). The third-order valence-electron chi connectivity index (χ3n) is 7.53. The smallest absolute Gasteiger partial charge is 0.289 e. The first kappa shape index (κ1) is 20.3. The molecule has 33 heavy (non-hydrogen) atoms. The van der Waals surface area contributed by atoms with Crippen molar-refractivity contribution in [2.75, 3.05) is 16.8 Å². The van der Waals surface area contributed by atoms with E-state index in [2.05, 4.69) is 5.32 Å². The van der Waals surface area contributed by atoms with Gasteiger partial charge in [0.1, 0.15) is 10.6 Å². The van der Waals surface area contributed by atoms with Crippen molar-refractivity contribution in [2.24, 2.45) is 11.8 Å². The first-order chi connectivity index (χ1) is 15.8. The van der Waals surface area contributed by atoms with Crippen LogP contribution in [0.25, 0.3) is 0 Å². The van der Waals surface area contributed by atoms with E-state index in [0.717, 1.165) is 28.5 Å². The van der Waals surface area contributed by atoms with Gasteiger partial charge in [-0.05, 0) is 44.5 Å². The molecule has 0 aromatic heterocycles. The molecular weight excluding hydrogens is 448 g/mol. The van der Waals surface area contributed by atoms with Gasteiger partial charge in [-0.3, -0.25) is 29.4 Å². The first-order valence-corrected chi connectivity index (χ1v) is 11.2. The summed E-state index contributed by atoms with van der Waals surface area (Å²) in [6, 6.07) is 9.27. The summed E-state index contributed by atoms with van der Waals surface area (Å²) < 4.78 is 0. The minimum absolute atomic E-state index is 0.0824. The fourth-order valence-corrected chi connectivity index (χ4v) is 6.54. The number of nitrogens with zero attached hydrogens (tertiary/aromatic N) is 3. The van der Waals surface area contributed by atoms with Crippen molar-refractivity contribution in [3.05, 3.63) is 62.7 Å². The molecule has 1 N–H and O–H groups in total. The predicted molar refractivity (Wildman–Crippen MR) is 119 cm³/mol. The normalized spacial score (nSPS) is 30.1. The quantitative estimate of drug-likeness (QED) is 0.413. The molecule has 168 valence electrons. The standard InChI is InChI=1S/C23H19ClN4O5/c1-11-4-7-15-13(9-11)23(22(31)25-15)19-18(16-3-2-8-26(16)23)20(29)27(21(19)30)12-5-6-14(24)17(10-12)28(32)33/h4-7,9-10,16,18-19H,2-3,8H2,1H3,(H,25,31)/t16-,18+,19+,23-/m1/s1. The van der Waals surface area contributed by atoms with Gasteiger partial charge in [0.05, 0.1) is 22.4 Å². The molecule has 4 heterocycles. The summed E-state index contributed by atoms with van der Waals surface area (Å²) in [5.41, 5.74) is 0.759. The maximum Gasteiger partial charge on any atom is 0.289 e. The van der Waals surface area contributed by atoms with E-state index < -0.39 is 34.1 Å². The van der Waals surface area contributed by atoms with Crippen molar-refractivity contribution in [2.45, 2.75) is 31.3 Å². The van der Waals surface area contributed by atoms with E-state index in [4.69, 9.17) is 11.6 Å². The van der Waals surface area contributed by atoms with Gasteiger partial charge in [0.2, 0.25) is 17.7 Å². The lowest BCUT2D eigenvalue weighted by Gasteiger charge is -2.36. The van der Waals surface area contributed by atoms with Crippen molar-refractivity contribution in [3.8, 4) is 0 Å². The van der Waals surface area contributed by atoms with E-state index in [9.17, 15) is 24.5 Å². The molecule has 9 nitrogen and oxygen atoms in total. The molecule has 4 aliphatic rings. The average molecular weight is 467 g/mol. The second kappa shape index (κ2) is 6.61. The number of fused-ring (bicyclic) bond motifs is 7. The fourth-order valence-electron chi connectivity index (χ4n) is 6.35. The van der Waals surface area contributed by atoms with Crippen LogP contribution < -0.4 is 10.2 Å². The van der Waals surface area contributed by atoms with Gasteiger partial charge in [0.15, 0.2) is 0 Å². The molecule has 2 aromatic carbocycles. The Balaban J connectivity index is 1.54. The zero-order valence-corrected chi connectivity index (χ0v) is 18.3. The third kappa shape index (κ3) is 2.38. The molecule has 0 unspecified atom stereocenters. The van der Waals surface area contributed by atoms with Crippen molar-refractivity contribution in [1.82, 2.24) is 4.90 Å². The summed E-state index contributed by atoms with van der Waals surface area (Å²) in [5, 5.41) is 14.2. The van der Waals surface area contributed by atoms with Gasteiger partial charge >= 0.3 is 0 Å². The number of carbonyl (C=O) groups is 3. The van der Waals surface area contributed by atoms with E-state index in [-0.39, 0.29) is 28.3 Å². The van der Waals surface area contributed by atoms with Crippen LogP contribution in [0.3, 0.4) is 0 Å². The van der Waals surface area contributed by atoms with Crippen LogP contribution in [-0.2, 0) is 19.9 Å². The summed E-state index contributed by atoms with van der Waals surface area (Å²) in [5.74, 6) is -2.85. The Bertz CT molecular complexity index is 1300. The van der Waals surface area contributed by atoms with E-state index in [1.807, 2.05) is 30.0 Å². The number of benzene rings is 2. The Labute approximate surface area is 193 Å². The van der Waals surface area contributed by atoms with Crippen LogP contribution in [0.15, 0.2) is 36.4 Å². The van der Waals surface area contributed by atoms with Crippen LogP contribution in [0.4, 0.5) is 17.1 Å². The molecule has 10 heteroatoms. The van der Waals surface area contributed by atoms with E-state index >= 15 is 0 Å². The molecule has 2 aromatic rings. The van der Waals surface area contributed by atoms with Gasteiger partial charge in [-0.2, -0.15) is 0 Å². The number of hydrogen-bond donors (Lipinski definition) is 1. The second-order valence-electron chi connectivity index (χ2n) is 9.08. The number of halogens is 1. The number of carbonyl (C=O) groups excluding carboxylic acids is 3. The highest BCUT2D eigenvalue weighted by atomic mass is 35.5. The SMILES string of the molecule is Cc1ccc2c(c1)[C@]1(C(=O)N2)[C@@H]2C(=O)N(c3ccc(Cl)c([N+](=O)[O-])c3)C(=O)[C@H]2[C@H]2CCCN21. The van der Waals surface area contributed by atoms with Crippen LogP contribution in [0.1, 0.15) is 24.0 Å². The first-order valence-electron chi connectivity index (χ1n) is 10.8. The number of rotatable bonds is 2. The second-order valence-corrected chi connectivity index (χ2v) is 9.49. The molecular formula is C23H19ClN4O5. The molecule has 0 aliphatic carbocycles. The Morgan fingerprint density at radius 1 is 1.15 bits per heavy atom. The average Bonchev–Trinajstić information content (AvgIpc) is 3.47. The highest BCUT2D eigenvalue weighted by Crippen LogP contribution is 2.60. The number of amides is 3. The zero-order chi connectivity index (χ0) is 23.2. The summed E-state index contributed by atoms with van der Waals surface area (Å²) in [6.07, 6.45) is 1.52. The van der Waals surface area contributed by atoms with Crippen LogP contribution in [0, 0.1) is 28.9 Å². The minimum Gasteiger partial charge on any atom is -0.324 e.